The summed E-state index contributed by atoms with van der Waals surface area (Å²) in [4.78, 5) is 0. The van der Waals surface area contributed by atoms with Crippen molar-refractivity contribution in [2.75, 3.05) is 26.4 Å². The van der Waals surface area contributed by atoms with Crippen molar-refractivity contribution in [2.24, 2.45) is 0 Å². The fourth-order valence-corrected chi connectivity index (χ4v) is 3.10. The Hall–Kier alpha value is -1.53. The highest BCUT2D eigenvalue weighted by Crippen LogP contribution is 2.37. The van der Waals surface area contributed by atoms with Crippen LogP contribution < -0.4 is 14.8 Å². The second-order valence-electron chi connectivity index (χ2n) is 6.09. The number of rotatable bonds is 12. The molecule has 0 aliphatic rings. The monoisotopic (exact) mass is 429 g/mol. The van der Waals surface area contributed by atoms with Gasteiger partial charge in [0.15, 0.2) is 11.5 Å². The maximum atomic E-state index is 13.2. The van der Waals surface area contributed by atoms with E-state index >= 15 is 0 Å². The largest absolute Gasteiger partial charge is 0.490 e. The van der Waals surface area contributed by atoms with Crippen LogP contribution in [0.2, 0.25) is 10.0 Å². The molecular weight excluding hydrogens is 404 g/mol. The van der Waals surface area contributed by atoms with Gasteiger partial charge in [-0.1, -0.05) is 29.3 Å². The molecular formula is C21H26Cl2FNO3. The van der Waals surface area contributed by atoms with Crippen LogP contribution in [0.4, 0.5) is 4.39 Å². The number of hydrogen-bond donors (Lipinski definition) is 1. The minimum absolute atomic E-state index is 0.161. The van der Waals surface area contributed by atoms with Gasteiger partial charge in [-0.2, -0.15) is 0 Å². The van der Waals surface area contributed by atoms with Crippen LogP contribution in [-0.2, 0) is 17.9 Å². The first-order valence-electron chi connectivity index (χ1n) is 9.35. The van der Waals surface area contributed by atoms with E-state index in [-0.39, 0.29) is 12.4 Å². The van der Waals surface area contributed by atoms with E-state index in [1.165, 1.54) is 12.1 Å². The Morgan fingerprint density at radius 3 is 2.54 bits per heavy atom. The minimum Gasteiger partial charge on any atom is -0.490 e. The Morgan fingerprint density at radius 1 is 1.00 bits per heavy atom. The summed E-state index contributed by atoms with van der Waals surface area (Å²) in [6, 6.07) is 7.95. The molecule has 0 bridgehead atoms. The number of ether oxygens (including phenoxy) is 3. The van der Waals surface area contributed by atoms with Gasteiger partial charge in [-0.25, -0.2) is 4.39 Å². The van der Waals surface area contributed by atoms with E-state index in [4.69, 9.17) is 37.4 Å². The van der Waals surface area contributed by atoms with Gasteiger partial charge >= 0.3 is 0 Å². The molecule has 0 saturated heterocycles. The van der Waals surface area contributed by atoms with Gasteiger partial charge in [-0.15, -0.1) is 0 Å². The van der Waals surface area contributed by atoms with Crippen molar-refractivity contribution in [2.45, 2.75) is 33.4 Å². The molecule has 0 aromatic heterocycles. The van der Waals surface area contributed by atoms with E-state index < -0.39 is 0 Å². The third-order valence-corrected chi connectivity index (χ3v) is 4.56. The molecule has 2 aromatic rings. The van der Waals surface area contributed by atoms with Crippen LogP contribution in [0.3, 0.4) is 0 Å². The Labute approximate surface area is 175 Å². The van der Waals surface area contributed by atoms with Gasteiger partial charge in [-0.3, -0.25) is 0 Å². The predicted molar refractivity (Wildman–Crippen MR) is 111 cm³/mol. The van der Waals surface area contributed by atoms with Crippen LogP contribution in [-0.4, -0.2) is 26.4 Å². The van der Waals surface area contributed by atoms with Gasteiger partial charge in [0, 0.05) is 25.3 Å². The normalized spacial score (nSPS) is 10.9. The van der Waals surface area contributed by atoms with Crippen LogP contribution in [0.15, 0.2) is 30.3 Å². The molecule has 0 aliphatic heterocycles. The lowest BCUT2D eigenvalue weighted by atomic mass is 10.2. The predicted octanol–water partition coefficient (Wildman–Crippen LogP) is 5.63. The summed E-state index contributed by atoms with van der Waals surface area (Å²) in [5.41, 5.74) is 1.67. The molecule has 0 saturated carbocycles. The molecule has 0 atom stereocenters. The van der Waals surface area contributed by atoms with Gasteiger partial charge in [0.05, 0.1) is 16.7 Å². The summed E-state index contributed by atoms with van der Waals surface area (Å²) in [7, 11) is 0. The average Bonchev–Trinajstić information content (AvgIpc) is 2.65. The standard InChI is InChI=1S/C21H26Cl2FNO3/c1-3-26-9-5-8-25-13-15-10-19(23)21(20(11-15)27-4-2)28-14-16-6-7-17(24)12-18(16)22/h6-7,10-12,25H,3-5,8-9,13-14H2,1-2H3. The molecule has 0 aliphatic carbocycles. The molecule has 0 unspecified atom stereocenters. The number of benzene rings is 2. The zero-order valence-corrected chi connectivity index (χ0v) is 17.7. The third-order valence-electron chi connectivity index (χ3n) is 3.93. The summed E-state index contributed by atoms with van der Waals surface area (Å²) < 4.78 is 30.1. The van der Waals surface area contributed by atoms with Gasteiger partial charge in [0.2, 0.25) is 0 Å². The van der Waals surface area contributed by atoms with E-state index in [0.29, 0.717) is 40.3 Å². The topological polar surface area (TPSA) is 39.7 Å². The van der Waals surface area contributed by atoms with Crippen LogP contribution in [0, 0.1) is 5.82 Å². The molecule has 0 heterocycles. The van der Waals surface area contributed by atoms with Crippen molar-refractivity contribution in [3.8, 4) is 11.5 Å². The summed E-state index contributed by atoms with van der Waals surface area (Å²) in [5, 5.41) is 4.12. The number of hydrogen-bond acceptors (Lipinski definition) is 4. The molecule has 154 valence electrons. The Kier molecular flexibility index (Phi) is 9.85. The molecule has 4 nitrogen and oxygen atoms in total. The highest BCUT2D eigenvalue weighted by atomic mass is 35.5. The maximum absolute atomic E-state index is 13.2. The van der Waals surface area contributed by atoms with Gasteiger partial charge in [-0.05, 0) is 56.6 Å². The SMILES string of the molecule is CCOCCCNCc1cc(Cl)c(OCc2ccc(F)cc2Cl)c(OCC)c1. The van der Waals surface area contributed by atoms with Crippen molar-refractivity contribution >= 4 is 23.2 Å². The van der Waals surface area contributed by atoms with Gasteiger partial charge < -0.3 is 19.5 Å². The number of nitrogens with one attached hydrogen (secondary N) is 1. The molecule has 2 rings (SSSR count). The third kappa shape index (κ3) is 7.13. The summed E-state index contributed by atoms with van der Waals surface area (Å²) in [5.74, 6) is 0.628. The summed E-state index contributed by atoms with van der Waals surface area (Å²) in [6.45, 7) is 7.51. The van der Waals surface area contributed by atoms with Crippen LogP contribution in [0.1, 0.15) is 31.4 Å². The quantitative estimate of drug-likeness (QED) is 0.444. The van der Waals surface area contributed by atoms with Crippen molar-refractivity contribution < 1.29 is 18.6 Å². The Morgan fingerprint density at radius 2 is 1.82 bits per heavy atom. The zero-order chi connectivity index (χ0) is 20.4. The fourth-order valence-electron chi connectivity index (χ4n) is 2.59. The lowest BCUT2D eigenvalue weighted by molar-refractivity contribution is 0.144. The van der Waals surface area contributed by atoms with E-state index in [0.717, 1.165) is 31.7 Å². The molecule has 0 amide bonds. The van der Waals surface area contributed by atoms with Crippen molar-refractivity contribution in [1.29, 1.82) is 0 Å². The lowest BCUT2D eigenvalue weighted by Crippen LogP contribution is -2.16. The molecule has 2 aromatic carbocycles. The van der Waals surface area contributed by atoms with Crippen LogP contribution in [0.25, 0.3) is 0 Å². The smallest absolute Gasteiger partial charge is 0.180 e. The summed E-state index contributed by atoms with van der Waals surface area (Å²) >= 11 is 12.5. The van der Waals surface area contributed by atoms with Gasteiger partial charge in [0.1, 0.15) is 12.4 Å². The maximum Gasteiger partial charge on any atom is 0.180 e. The second kappa shape index (κ2) is 12.1. The first kappa shape index (κ1) is 22.8. The van der Waals surface area contributed by atoms with E-state index in [1.54, 1.807) is 6.07 Å². The molecule has 0 fully saturated rings. The average molecular weight is 430 g/mol. The van der Waals surface area contributed by atoms with Crippen LogP contribution in [0.5, 0.6) is 11.5 Å². The van der Waals surface area contributed by atoms with Gasteiger partial charge in [0.25, 0.3) is 0 Å². The van der Waals surface area contributed by atoms with Crippen molar-refractivity contribution in [3.05, 3.63) is 57.3 Å². The molecule has 0 radical (unpaired) electrons. The Balaban J connectivity index is 2.02. The van der Waals surface area contributed by atoms with E-state index in [1.807, 2.05) is 26.0 Å². The van der Waals surface area contributed by atoms with E-state index in [9.17, 15) is 4.39 Å². The minimum atomic E-state index is -0.389. The molecule has 1 N–H and O–H groups in total. The Bertz CT molecular complexity index is 759. The molecule has 0 spiro atoms. The fraction of sp³-hybridized carbons (Fsp3) is 0.429. The van der Waals surface area contributed by atoms with Crippen molar-refractivity contribution in [1.82, 2.24) is 5.32 Å². The second-order valence-corrected chi connectivity index (χ2v) is 6.90. The van der Waals surface area contributed by atoms with E-state index in [2.05, 4.69) is 5.32 Å². The highest BCUT2D eigenvalue weighted by molar-refractivity contribution is 6.32. The molecule has 7 heteroatoms. The first-order chi connectivity index (χ1) is 13.5. The first-order valence-corrected chi connectivity index (χ1v) is 10.1. The summed E-state index contributed by atoms with van der Waals surface area (Å²) in [6.07, 6.45) is 0.944. The highest BCUT2D eigenvalue weighted by Gasteiger charge is 2.14. The lowest BCUT2D eigenvalue weighted by Gasteiger charge is -2.16. The number of halogens is 3. The van der Waals surface area contributed by atoms with Crippen LogP contribution >= 0.6 is 23.2 Å². The molecule has 28 heavy (non-hydrogen) atoms. The zero-order valence-electron chi connectivity index (χ0n) is 16.2. The van der Waals surface area contributed by atoms with Crippen molar-refractivity contribution in [3.63, 3.8) is 0 Å².